The zero-order chi connectivity index (χ0) is 13.7. The van der Waals surface area contributed by atoms with E-state index in [1.807, 2.05) is 31.4 Å². The van der Waals surface area contributed by atoms with E-state index in [0.29, 0.717) is 19.8 Å². The highest BCUT2D eigenvalue weighted by Crippen LogP contribution is 2.29. The average Bonchev–Trinajstić information content (AvgIpc) is 2.96. The summed E-state index contributed by atoms with van der Waals surface area (Å²) >= 11 is 3.15. The van der Waals surface area contributed by atoms with Crippen LogP contribution in [0.5, 0.6) is 0 Å². The molecule has 0 fully saturated rings. The molecule has 0 radical (unpaired) electrons. The number of carbonyl (C=O) groups excluding carboxylic acids is 1. The first-order chi connectivity index (χ1) is 9.24. The number of amides is 1. The Balaban J connectivity index is 1.91. The van der Waals surface area contributed by atoms with E-state index >= 15 is 0 Å². The number of hydrogen-bond acceptors (Lipinski definition) is 5. The van der Waals surface area contributed by atoms with Crippen molar-refractivity contribution in [3.8, 4) is 0 Å². The highest BCUT2D eigenvalue weighted by molar-refractivity contribution is 7.27. The Kier molecular flexibility index (Phi) is 5.33. The van der Waals surface area contributed by atoms with E-state index in [1.165, 1.54) is 11.3 Å². The van der Waals surface area contributed by atoms with Crippen LogP contribution in [0.1, 0.15) is 23.5 Å². The van der Waals surface area contributed by atoms with Crippen molar-refractivity contribution in [2.45, 2.75) is 20.1 Å². The first-order valence-electron chi connectivity index (χ1n) is 6.23. The lowest BCUT2D eigenvalue weighted by molar-refractivity contribution is -0.131. The normalized spacial score (nSPS) is 11.3. The second-order valence-corrected chi connectivity index (χ2v) is 5.84. The molecule has 6 heteroatoms. The van der Waals surface area contributed by atoms with Gasteiger partial charge in [-0.25, -0.2) is 0 Å². The molecule has 0 saturated carbocycles. The van der Waals surface area contributed by atoms with Gasteiger partial charge in [0.05, 0.1) is 11.4 Å². The van der Waals surface area contributed by atoms with Crippen molar-refractivity contribution < 1.29 is 14.3 Å². The number of nitrogens with one attached hydrogen (secondary N) is 1. The Morgan fingerprint density at radius 3 is 2.68 bits per heavy atom. The van der Waals surface area contributed by atoms with Crippen molar-refractivity contribution in [2.24, 2.45) is 0 Å². The fourth-order valence-corrected chi connectivity index (χ4v) is 3.70. The van der Waals surface area contributed by atoms with Gasteiger partial charge in [-0.15, -0.1) is 22.7 Å². The number of rotatable bonds is 7. The van der Waals surface area contributed by atoms with E-state index in [4.69, 9.17) is 9.47 Å². The lowest BCUT2D eigenvalue weighted by Gasteiger charge is -2.17. The van der Waals surface area contributed by atoms with Gasteiger partial charge in [-0.3, -0.25) is 4.79 Å². The fraction of sp³-hybridized carbons (Fsp3) is 0.462. The molecule has 0 bridgehead atoms. The predicted octanol–water partition coefficient (Wildman–Crippen LogP) is 3.09. The van der Waals surface area contributed by atoms with Gasteiger partial charge in [0.1, 0.15) is 0 Å². The summed E-state index contributed by atoms with van der Waals surface area (Å²) in [6.07, 6.45) is -0.375. The Morgan fingerprint density at radius 1 is 1.32 bits per heavy atom. The van der Waals surface area contributed by atoms with Crippen LogP contribution in [0.3, 0.4) is 0 Å². The van der Waals surface area contributed by atoms with Gasteiger partial charge in [-0.1, -0.05) is 0 Å². The molecule has 2 aromatic heterocycles. The van der Waals surface area contributed by atoms with Gasteiger partial charge < -0.3 is 14.8 Å². The molecule has 0 aliphatic carbocycles. The molecule has 2 heterocycles. The van der Waals surface area contributed by atoms with Gasteiger partial charge in [-0.05, 0) is 31.4 Å². The number of thiophene rings is 2. The Morgan fingerprint density at radius 2 is 2.05 bits per heavy atom. The Labute approximate surface area is 120 Å². The second-order valence-electron chi connectivity index (χ2n) is 3.81. The van der Waals surface area contributed by atoms with E-state index < -0.39 is 0 Å². The molecular weight excluding hydrogens is 282 g/mol. The molecular formula is C13H17NO3S2. The van der Waals surface area contributed by atoms with E-state index in [0.717, 1.165) is 14.3 Å². The fourth-order valence-electron chi connectivity index (χ4n) is 1.68. The number of fused-ring (bicyclic) bond motifs is 1. The summed E-state index contributed by atoms with van der Waals surface area (Å²) in [5, 5.41) is 4.88. The van der Waals surface area contributed by atoms with Crippen molar-refractivity contribution in [3.05, 3.63) is 22.4 Å². The topological polar surface area (TPSA) is 47.6 Å². The van der Waals surface area contributed by atoms with Gasteiger partial charge >= 0.3 is 0 Å². The lowest BCUT2D eigenvalue weighted by Crippen LogP contribution is -2.35. The smallest absolute Gasteiger partial charge is 0.261 e. The van der Waals surface area contributed by atoms with Crippen molar-refractivity contribution in [1.82, 2.24) is 5.32 Å². The third-order valence-corrected chi connectivity index (χ3v) is 4.59. The molecule has 104 valence electrons. The molecule has 0 unspecified atom stereocenters. The van der Waals surface area contributed by atoms with Crippen LogP contribution in [0, 0.1) is 0 Å². The van der Waals surface area contributed by atoms with Gasteiger partial charge in [0, 0.05) is 22.6 Å². The molecule has 1 amide bonds. The molecule has 0 atom stereocenters. The molecule has 2 rings (SSSR count). The Bertz CT molecular complexity index is 500. The summed E-state index contributed by atoms with van der Waals surface area (Å²) in [5.41, 5.74) is 0. The van der Waals surface area contributed by atoms with Crippen LogP contribution in [-0.2, 0) is 9.47 Å². The van der Waals surface area contributed by atoms with Crippen LogP contribution in [0.2, 0.25) is 0 Å². The molecule has 0 aliphatic heterocycles. The SMILES string of the molecule is CCOC(CNC(=O)c1cc2sccc2s1)OCC. The summed E-state index contributed by atoms with van der Waals surface area (Å²) in [4.78, 5) is 12.7. The van der Waals surface area contributed by atoms with Gasteiger partial charge in [0.15, 0.2) is 6.29 Å². The van der Waals surface area contributed by atoms with Crippen LogP contribution < -0.4 is 5.32 Å². The maximum atomic E-state index is 12.0. The first kappa shape index (κ1) is 14.5. The zero-order valence-electron chi connectivity index (χ0n) is 11.0. The summed E-state index contributed by atoms with van der Waals surface area (Å²) < 4.78 is 13.1. The highest BCUT2D eigenvalue weighted by atomic mass is 32.1. The summed E-state index contributed by atoms with van der Waals surface area (Å²) in [7, 11) is 0. The minimum atomic E-state index is -0.375. The molecule has 19 heavy (non-hydrogen) atoms. The largest absolute Gasteiger partial charge is 0.351 e. The Hall–Kier alpha value is -0.950. The van der Waals surface area contributed by atoms with Crippen molar-refractivity contribution in [3.63, 3.8) is 0 Å². The second kappa shape index (κ2) is 7.00. The minimum absolute atomic E-state index is 0.0715. The maximum Gasteiger partial charge on any atom is 0.261 e. The van der Waals surface area contributed by atoms with Crippen LogP contribution in [0.4, 0.5) is 0 Å². The highest BCUT2D eigenvalue weighted by Gasteiger charge is 2.14. The molecule has 0 saturated heterocycles. The lowest BCUT2D eigenvalue weighted by atomic mass is 10.4. The third kappa shape index (κ3) is 3.76. The van der Waals surface area contributed by atoms with Crippen molar-refractivity contribution >= 4 is 38.0 Å². The monoisotopic (exact) mass is 299 g/mol. The number of ether oxygens (including phenoxy) is 2. The maximum absolute atomic E-state index is 12.0. The number of hydrogen-bond donors (Lipinski definition) is 1. The summed E-state index contributed by atoms with van der Waals surface area (Å²) in [6.45, 7) is 5.30. The number of carbonyl (C=O) groups is 1. The van der Waals surface area contributed by atoms with E-state index in [9.17, 15) is 4.79 Å². The van der Waals surface area contributed by atoms with Crippen molar-refractivity contribution in [1.29, 1.82) is 0 Å². The first-order valence-corrected chi connectivity index (χ1v) is 7.92. The molecule has 4 nitrogen and oxygen atoms in total. The van der Waals surface area contributed by atoms with Crippen LogP contribution in [-0.4, -0.2) is 32.0 Å². The van der Waals surface area contributed by atoms with E-state index in [1.54, 1.807) is 11.3 Å². The van der Waals surface area contributed by atoms with Crippen LogP contribution in [0.15, 0.2) is 17.5 Å². The van der Waals surface area contributed by atoms with Crippen LogP contribution >= 0.6 is 22.7 Å². The van der Waals surface area contributed by atoms with E-state index in [2.05, 4.69) is 5.32 Å². The zero-order valence-corrected chi connectivity index (χ0v) is 12.6. The molecule has 0 aliphatic rings. The quantitative estimate of drug-likeness (QED) is 0.799. The third-order valence-electron chi connectivity index (χ3n) is 2.50. The van der Waals surface area contributed by atoms with Gasteiger partial charge in [0.25, 0.3) is 5.91 Å². The van der Waals surface area contributed by atoms with Gasteiger partial charge in [0.2, 0.25) is 0 Å². The standard InChI is InChI=1S/C13H17NO3S2/c1-3-16-12(17-4-2)8-14-13(15)11-7-10-9(19-11)5-6-18-10/h5-7,12H,3-4,8H2,1-2H3,(H,14,15). The van der Waals surface area contributed by atoms with Gasteiger partial charge in [-0.2, -0.15) is 0 Å². The summed E-state index contributed by atoms with van der Waals surface area (Å²) in [5.74, 6) is -0.0715. The average molecular weight is 299 g/mol. The van der Waals surface area contributed by atoms with Crippen LogP contribution in [0.25, 0.3) is 9.40 Å². The summed E-state index contributed by atoms with van der Waals surface area (Å²) in [6, 6.07) is 3.96. The molecule has 0 spiro atoms. The molecule has 1 N–H and O–H groups in total. The van der Waals surface area contributed by atoms with Crippen molar-refractivity contribution in [2.75, 3.05) is 19.8 Å². The van der Waals surface area contributed by atoms with E-state index in [-0.39, 0.29) is 12.2 Å². The molecule has 0 aromatic carbocycles. The predicted molar refractivity (Wildman–Crippen MR) is 79.1 cm³/mol. The minimum Gasteiger partial charge on any atom is -0.351 e. The molecule has 2 aromatic rings.